The van der Waals surface area contributed by atoms with Gasteiger partial charge in [-0.3, -0.25) is 9.59 Å². The van der Waals surface area contributed by atoms with E-state index >= 15 is 0 Å². The number of hydrogen-bond acceptors (Lipinski definition) is 7. The topological polar surface area (TPSA) is 119 Å². The molecule has 9 heteroatoms. The number of nitrogens with one attached hydrogen (secondary N) is 1. The summed E-state index contributed by atoms with van der Waals surface area (Å²) in [7, 11) is 0. The van der Waals surface area contributed by atoms with Crippen LogP contribution in [0.15, 0.2) is 60.7 Å². The molecule has 0 bridgehead atoms. The van der Waals surface area contributed by atoms with E-state index in [4.69, 9.17) is 4.74 Å². The second kappa shape index (κ2) is 13.1. The van der Waals surface area contributed by atoms with E-state index in [-0.39, 0.29) is 37.5 Å². The predicted molar refractivity (Wildman–Crippen MR) is 138 cm³/mol. The molecule has 1 saturated carbocycles. The van der Waals surface area contributed by atoms with E-state index in [2.05, 4.69) is 45.1 Å². The summed E-state index contributed by atoms with van der Waals surface area (Å²) >= 11 is 0. The molecule has 0 spiro atoms. The van der Waals surface area contributed by atoms with E-state index in [1.54, 1.807) is 6.92 Å². The first-order chi connectivity index (χ1) is 18.1. The molecule has 0 aliphatic heterocycles. The van der Waals surface area contributed by atoms with Crippen molar-refractivity contribution in [2.24, 2.45) is 5.92 Å². The lowest BCUT2D eigenvalue weighted by Gasteiger charge is -2.36. The number of rotatable bonds is 12. The Labute approximate surface area is 217 Å². The number of ether oxygens (including phenoxy) is 1. The summed E-state index contributed by atoms with van der Waals surface area (Å²) in [5, 5.41) is 25.9. The largest absolute Gasteiger partial charge is 0.481 e. The van der Waals surface area contributed by atoms with Gasteiger partial charge in [-0.1, -0.05) is 79.9 Å². The van der Waals surface area contributed by atoms with Crippen molar-refractivity contribution in [1.29, 1.82) is 0 Å². The van der Waals surface area contributed by atoms with Gasteiger partial charge in [-0.15, -0.1) is 5.10 Å². The Morgan fingerprint density at radius 2 is 1.65 bits per heavy atom. The minimum atomic E-state index is -0.844. The Morgan fingerprint density at radius 3 is 2.22 bits per heavy atom. The van der Waals surface area contributed by atoms with Gasteiger partial charge in [0.15, 0.2) is 5.82 Å². The quantitative estimate of drug-likeness (QED) is 0.353. The average molecular weight is 506 g/mol. The number of carbonyl (C=O) groups is 2. The number of aromatic nitrogens is 4. The van der Waals surface area contributed by atoms with Gasteiger partial charge in [0.05, 0.1) is 19.1 Å². The summed E-state index contributed by atoms with van der Waals surface area (Å²) in [5.74, 6) is -0.802. The molecule has 1 heterocycles. The van der Waals surface area contributed by atoms with Crippen LogP contribution in [0.25, 0.3) is 0 Å². The SMILES string of the molecule is CCOC(=O)Cn1nnnc1C(NC(CC(=O)O)C1CCCCC1)C(c1ccccc1)c1ccccc1. The molecule has 2 N–H and O–H groups in total. The lowest BCUT2D eigenvalue weighted by atomic mass is 9.80. The van der Waals surface area contributed by atoms with Crippen molar-refractivity contribution in [2.45, 2.75) is 70.0 Å². The molecule has 1 aliphatic carbocycles. The zero-order valence-electron chi connectivity index (χ0n) is 21.2. The molecule has 2 unspecified atom stereocenters. The summed E-state index contributed by atoms with van der Waals surface area (Å²) in [6.45, 7) is 1.89. The molecule has 0 amide bonds. The van der Waals surface area contributed by atoms with Crippen molar-refractivity contribution in [3.05, 3.63) is 77.6 Å². The van der Waals surface area contributed by atoms with E-state index in [9.17, 15) is 14.7 Å². The van der Waals surface area contributed by atoms with Crippen LogP contribution in [-0.4, -0.2) is 49.9 Å². The molecule has 9 nitrogen and oxygen atoms in total. The second-order valence-corrected chi connectivity index (χ2v) is 9.55. The van der Waals surface area contributed by atoms with Crippen molar-refractivity contribution in [2.75, 3.05) is 6.61 Å². The molecule has 1 fully saturated rings. The van der Waals surface area contributed by atoms with E-state index in [0.29, 0.717) is 5.82 Å². The number of esters is 1. The monoisotopic (exact) mass is 505 g/mol. The van der Waals surface area contributed by atoms with Gasteiger partial charge in [0, 0.05) is 12.0 Å². The summed E-state index contributed by atoms with van der Waals surface area (Å²) in [6.07, 6.45) is 5.31. The van der Waals surface area contributed by atoms with Crippen LogP contribution in [0, 0.1) is 5.92 Å². The minimum Gasteiger partial charge on any atom is -0.481 e. The lowest BCUT2D eigenvalue weighted by molar-refractivity contribution is -0.144. The van der Waals surface area contributed by atoms with Crippen LogP contribution in [0.2, 0.25) is 0 Å². The lowest BCUT2D eigenvalue weighted by Crippen LogP contribution is -2.44. The molecule has 2 atom stereocenters. The van der Waals surface area contributed by atoms with E-state index < -0.39 is 18.0 Å². The summed E-state index contributed by atoms with van der Waals surface area (Å²) < 4.78 is 6.62. The minimum absolute atomic E-state index is 0.00307. The number of hydrogen-bond donors (Lipinski definition) is 2. The number of nitrogens with zero attached hydrogens (tertiary/aromatic N) is 4. The van der Waals surface area contributed by atoms with Crippen LogP contribution in [0.3, 0.4) is 0 Å². The van der Waals surface area contributed by atoms with Crippen molar-refractivity contribution < 1.29 is 19.4 Å². The number of carboxylic acid groups (broad SMARTS) is 1. The van der Waals surface area contributed by atoms with Crippen LogP contribution < -0.4 is 5.32 Å². The van der Waals surface area contributed by atoms with E-state index in [1.165, 1.54) is 11.1 Å². The molecule has 1 aliphatic rings. The molecule has 196 valence electrons. The molecular formula is C28H35N5O4. The Hall–Kier alpha value is -3.59. The molecule has 1 aromatic heterocycles. The molecular weight excluding hydrogens is 470 g/mol. The Balaban J connectivity index is 1.80. The third kappa shape index (κ3) is 7.01. The van der Waals surface area contributed by atoms with Gasteiger partial charge in [-0.05, 0) is 47.2 Å². The fourth-order valence-electron chi connectivity index (χ4n) is 5.41. The Bertz CT molecular complexity index is 1090. The number of aliphatic carboxylic acids is 1. The normalized spacial score (nSPS) is 15.8. The van der Waals surface area contributed by atoms with Gasteiger partial charge < -0.3 is 15.2 Å². The van der Waals surface area contributed by atoms with Crippen LogP contribution in [0.4, 0.5) is 0 Å². The van der Waals surface area contributed by atoms with E-state index in [0.717, 1.165) is 36.8 Å². The molecule has 0 saturated heterocycles. The standard InChI is InChI=1S/C28H35N5O4/c1-2-37-25(36)19-33-28(30-31-32-33)27(29-23(18-24(34)35)20-12-6-3-7-13-20)26(21-14-8-4-9-15-21)22-16-10-5-11-17-22/h4-5,8-11,14-17,20,23,26-27,29H,2-3,6-7,12-13,18-19H2,1H3,(H,34,35). The summed E-state index contributed by atoms with van der Waals surface area (Å²) in [5.41, 5.74) is 2.07. The van der Waals surface area contributed by atoms with Gasteiger partial charge in [0.25, 0.3) is 0 Å². The van der Waals surface area contributed by atoms with Crippen LogP contribution in [0.5, 0.6) is 0 Å². The zero-order chi connectivity index (χ0) is 26.0. The van der Waals surface area contributed by atoms with Gasteiger partial charge in [0.1, 0.15) is 6.54 Å². The van der Waals surface area contributed by atoms with Crippen LogP contribution >= 0.6 is 0 Å². The van der Waals surface area contributed by atoms with Crippen molar-refractivity contribution in [3.8, 4) is 0 Å². The van der Waals surface area contributed by atoms with Gasteiger partial charge in [0.2, 0.25) is 0 Å². The predicted octanol–water partition coefficient (Wildman–Crippen LogP) is 4.12. The fraction of sp³-hybridized carbons (Fsp3) is 0.464. The maximum Gasteiger partial charge on any atom is 0.327 e. The molecule has 0 radical (unpaired) electrons. The van der Waals surface area contributed by atoms with E-state index in [1.807, 2.05) is 36.4 Å². The van der Waals surface area contributed by atoms with Crippen molar-refractivity contribution >= 4 is 11.9 Å². The molecule has 37 heavy (non-hydrogen) atoms. The smallest absolute Gasteiger partial charge is 0.327 e. The van der Waals surface area contributed by atoms with Crippen molar-refractivity contribution in [3.63, 3.8) is 0 Å². The van der Waals surface area contributed by atoms with Gasteiger partial charge >= 0.3 is 11.9 Å². The number of carboxylic acids is 1. The molecule has 4 rings (SSSR count). The average Bonchev–Trinajstić information content (AvgIpc) is 3.37. The van der Waals surface area contributed by atoms with Gasteiger partial charge in [-0.25, -0.2) is 4.68 Å². The summed E-state index contributed by atoms with van der Waals surface area (Å²) in [6, 6.07) is 19.3. The zero-order valence-corrected chi connectivity index (χ0v) is 21.2. The summed E-state index contributed by atoms with van der Waals surface area (Å²) in [4.78, 5) is 24.3. The van der Waals surface area contributed by atoms with Crippen LogP contribution in [-0.2, 0) is 20.9 Å². The number of carbonyl (C=O) groups excluding carboxylic acids is 1. The fourth-order valence-corrected chi connectivity index (χ4v) is 5.41. The van der Waals surface area contributed by atoms with Crippen molar-refractivity contribution in [1.82, 2.24) is 25.5 Å². The van der Waals surface area contributed by atoms with Gasteiger partial charge in [-0.2, -0.15) is 0 Å². The molecule has 2 aromatic carbocycles. The first-order valence-corrected chi connectivity index (χ1v) is 13.1. The highest BCUT2D eigenvalue weighted by atomic mass is 16.5. The highest BCUT2D eigenvalue weighted by Gasteiger charge is 2.36. The number of tetrazole rings is 1. The maximum atomic E-state index is 12.4. The highest BCUT2D eigenvalue weighted by Crippen LogP contribution is 2.38. The van der Waals surface area contributed by atoms with Crippen LogP contribution in [0.1, 0.15) is 74.4 Å². The third-order valence-corrected chi connectivity index (χ3v) is 7.08. The first-order valence-electron chi connectivity index (χ1n) is 13.1. The Kier molecular flexibility index (Phi) is 9.37. The first kappa shape index (κ1) is 26.5. The second-order valence-electron chi connectivity index (χ2n) is 9.55. The Morgan fingerprint density at radius 1 is 1.03 bits per heavy atom. The number of benzene rings is 2. The highest BCUT2D eigenvalue weighted by molar-refractivity contribution is 5.69. The molecule has 3 aromatic rings. The third-order valence-electron chi connectivity index (χ3n) is 7.08. The maximum absolute atomic E-state index is 12.4.